The topological polar surface area (TPSA) is 76.4 Å². The van der Waals surface area contributed by atoms with Gasteiger partial charge in [0.1, 0.15) is 0 Å². The van der Waals surface area contributed by atoms with E-state index in [2.05, 4.69) is 17.6 Å². The second-order valence-corrected chi connectivity index (χ2v) is 3.89. The molecule has 2 amide bonds. The average molecular weight is 237 g/mol. The number of ether oxygens (including phenoxy) is 1. The van der Waals surface area contributed by atoms with Gasteiger partial charge in [-0.2, -0.15) is 0 Å². The van der Waals surface area contributed by atoms with E-state index < -0.39 is 6.03 Å². The Balaban J connectivity index is 2.47. The predicted molar refractivity (Wildman–Crippen MR) is 69.2 cm³/mol. The summed E-state index contributed by atoms with van der Waals surface area (Å²) in [6.07, 6.45) is 0.942. The smallest absolute Gasteiger partial charge is 0.316 e. The number of hydrogen-bond donors (Lipinski definition) is 3. The van der Waals surface area contributed by atoms with Gasteiger partial charge in [-0.3, -0.25) is 0 Å². The largest absolute Gasteiger partial charge is 0.385 e. The third kappa shape index (κ3) is 5.21. The number of hydrogen-bond acceptors (Lipinski definition) is 3. The lowest BCUT2D eigenvalue weighted by Gasteiger charge is -2.15. The van der Waals surface area contributed by atoms with Gasteiger partial charge in [-0.25, -0.2) is 4.79 Å². The van der Waals surface area contributed by atoms with Gasteiger partial charge in [-0.15, -0.1) is 0 Å². The number of anilines is 2. The minimum Gasteiger partial charge on any atom is -0.385 e. The summed E-state index contributed by atoms with van der Waals surface area (Å²) in [6.45, 7) is 2.82. The highest BCUT2D eigenvalue weighted by molar-refractivity contribution is 5.87. The summed E-state index contributed by atoms with van der Waals surface area (Å²) < 4.78 is 5.01. The average Bonchev–Trinajstić information content (AvgIpc) is 2.28. The van der Waals surface area contributed by atoms with Crippen LogP contribution < -0.4 is 16.4 Å². The molecule has 1 aromatic carbocycles. The quantitative estimate of drug-likeness (QED) is 0.708. The van der Waals surface area contributed by atoms with Gasteiger partial charge in [-0.1, -0.05) is 0 Å². The van der Waals surface area contributed by atoms with Gasteiger partial charge < -0.3 is 21.1 Å². The Kier molecular flexibility index (Phi) is 5.29. The summed E-state index contributed by atoms with van der Waals surface area (Å²) in [7, 11) is 1.69. The molecule has 0 aliphatic carbocycles. The van der Waals surface area contributed by atoms with E-state index in [4.69, 9.17) is 10.5 Å². The summed E-state index contributed by atoms with van der Waals surface area (Å²) in [4.78, 5) is 10.6. The molecule has 5 heteroatoms. The lowest BCUT2D eigenvalue weighted by atomic mass is 10.2. The second kappa shape index (κ2) is 6.75. The van der Waals surface area contributed by atoms with Crippen LogP contribution in [0.1, 0.15) is 13.3 Å². The monoisotopic (exact) mass is 237 g/mol. The number of primary amides is 1. The number of carbonyl (C=O) groups is 1. The van der Waals surface area contributed by atoms with Crippen molar-refractivity contribution < 1.29 is 9.53 Å². The minimum atomic E-state index is -0.556. The number of nitrogens with two attached hydrogens (primary N) is 1. The van der Waals surface area contributed by atoms with Crippen LogP contribution in [0.4, 0.5) is 16.2 Å². The molecule has 0 spiro atoms. The number of nitrogens with one attached hydrogen (secondary N) is 2. The van der Waals surface area contributed by atoms with Crippen molar-refractivity contribution in [1.29, 1.82) is 0 Å². The van der Waals surface area contributed by atoms with Crippen LogP contribution in [0.25, 0.3) is 0 Å². The molecule has 0 saturated heterocycles. The van der Waals surface area contributed by atoms with Crippen molar-refractivity contribution in [3.05, 3.63) is 24.3 Å². The summed E-state index contributed by atoms with van der Waals surface area (Å²) in [5, 5.41) is 5.84. The Labute approximate surface area is 101 Å². The first-order valence-corrected chi connectivity index (χ1v) is 5.54. The Morgan fingerprint density at radius 1 is 1.35 bits per heavy atom. The molecule has 94 valence electrons. The number of urea groups is 1. The maximum Gasteiger partial charge on any atom is 0.316 e. The van der Waals surface area contributed by atoms with E-state index in [9.17, 15) is 4.79 Å². The maximum atomic E-state index is 10.6. The molecule has 0 aromatic heterocycles. The van der Waals surface area contributed by atoms with Crippen LogP contribution in [0.15, 0.2) is 24.3 Å². The van der Waals surface area contributed by atoms with E-state index in [1.54, 1.807) is 19.2 Å². The predicted octanol–water partition coefficient (Wildman–Crippen LogP) is 2.01. The molecule has 4 N–H and O–H groups in total. The zero-order valence-electron chi connectivity index (χ0n) is 10.2. The fraction of sp³-hybridized carbons (Fsp3) is 0.417. The first-order chi connectivity index (χ1) is 8.11. The molecule has 1 atom stereocenters. The highest BCUT2D eigenvalue weighted by atomic mass is 16.5. The van der Waals surface area contributed by atoms with Crippen molar-refractivity contribution >= 4 is 17.4 Å². The fourth-order valence-electron chi connectivity index (χ4n) is 1.44. The van der Waals surface area contributed by atoms with Gasteiger partial charge in [0, 0.05) is 31.1 Å². The van der Waals surface area contributed by atoms with E-state index in [1.807, 2.05) is 12.1 Å². The van der Waals surface area contributed by atoms with Crippen molar-refractivity contribution in [3.63, 3.8) is 0 Å². The van der Waals surface area contributed by atoms with Crippen molar-refractivity contribution in [3.8, 4) is 0 Å². The van der Waals surface area contributed by atoms with Crippen LogP contribution in [0, 0.1) is 0 Å². The van der Waals surface area contributed by atoms with Crippen LogP contribution in [-0.2, 0) is 4.74 Å². The van der Waals surface area contributed by atoms with Gasteiger partial charge in [0.25, 0.3) is 0 Å². The molecular weight excluding hydrogens is 218 g/mol. The molecule has 0 fully saturated rings. The van der Waals surface area contributed by atoms with Crippen molar-refractivity contribution in [2.75, 3.05) is 24.4 Å². The molecule has 0 aliphatic rings. The van der Waals surface area contributed by atoms with Gasteiger partial charge in [0.05, 0.1) is 0 Å². The SMILES string of the molecule is COCCC(C)Nc1ccc(NC(N)=O)cc1. The number of benzene rings is 1. The normalized spacial score (nSPS) is 11.9. The molecule has 1 rings (SSSR count). The molecule has 0 heterocycles. The van der Waals surface area contributed by atoms with E-state index >= 15 is 0 Å². The molecular formula is C12H19N3O2. The van der Waals surface area contributed by atoms with E-state index in [1.165, 1.54) is 0 Å². The van der Waals surface area contributed by atoms with E-state index in [-0.39, 0.29) is 0 Å². The van der Waals surface area contributed by atoms with Crippen LogP contribution in [0.5, 0.6) is 0 Å². The molecule has 0 aliphatic heterocycles. The molecule has 1 aromatic rings. The molecule has 0 radical (unpaired) electrons. The lowest BCUT2D eigenvalue weighted by Crippen LogP contribution is -2.19. The lowest BCUT2D eigenvalue weighted by molar-refractivity contribution is 0.191. The maximum absolute atomic E-state index is 10.6. The minimum absolute atomic E-state index is 0.338. The molecule has 17 heavy (non-hydrogen) atoms. The van der Waals surface area contributed by atoms with Crippen molar-refractivity contribution in [2.24, 2.45) is 5.73 Å². The number of rotatable bonds is 6. The fourth-order valence-corrected chi connectivity index (χ4v) is 1.44. The van der Waals surface area contributed by atoms with Gasteiger partial charge in [0.15, 0.2) is 0 Å². The number of methoxy groups -OCH3 is 1. The first kappa shape index (κ1) is 13.3. The zero-order valence-corrected chi connectivity index (χ0v) is 10.2. The van der Waals surface area contributed by atoms with E-state index in [0.29, 0.717) is 11.7 Å². The molecule has 5 nitrogen and oxygen atoms in total. The van der Waals surface area contributed by atoms with Crippen molar-refractivity contribution in [2.45, 2.75) is 19.4 Å². The van der Waals surface area contributed by atoms with Gasteiger partial charge in [-0.05, 0) is 37.6 Å². The highest BCUT2D eigenvalue weighted by Gasteiger charge is 2.02. The number of amides is 2. The van der Waals surface area contributed by atoms with Crippen LogP contribution in [-0.4, -0.2) is 25.8 Å². The molecule has 0 bridgehead atoms. The van der Waals surface area contributed by atoms with Crippen LogP contribution in [0.3, 0.4) is 0 Å². The Morgan fingerprint density at radius 3 is 2.47 bits per heavy atom. The first-order valence-electron chi connectivity index (χ1n) is 5.54. The third-order valence-corrected chi connectivity index (χ3v) is 2.32. The van der Waals surface area contributed by atoms with Crippen molar-refractivity contribution in [1.82, 2.24) is 0 Å². The van der Waals surface area contributed by atoms with E-state index in [0.717, 1.165) is 18.7 Å². The highest BCUT2D eigenvalue weighted by Crippen LogP contribution is 2.14. The Bertz CT molecular complexity index is 351. The van der Waals surface area contributed by atoms with Crippen LogP contribution >= 0.6 is 0 Å². The standard InChI is InChI=1S/C12H19N3O2/c1-9(7-8-17-2)14-10-3-5-11(6-4-10)15-12(13)16/h3-6,9,14H,7-8H2,1-2H3,(H3,13,15,16). The summed E-state index contributed by atoms with van der Waals surface area (Å²) in [5.74, 6) is 0. The summed E-state index contributed by atoms with van der Waals surface area (Å²) >= 11 is 0. The summed E-state index contributed by atoms with van der Waals surface area (Å²) in [6, 6.07) is 7.18. The Hall–Kier alpha value is -1.75. The van der Waals surface area contributed by atoms with Crippen LogP contribution in [0.2, 0.25) is 0 Å². The molecule has 1 unspecified atom stereocenters. The van der Waals surface area contributed by atoms with Gasteiger partial charge in [0.2, 0.25) is 0 Å². The summed E-state index contributed by atoms with van der Waals surface area (Å²) in [5.41, 5.74) is 6.71. The zero-order chi connectivity index (χ0) is 12.7. The number of carbonyl (C=O) groups excluding carboxylic acids is 1. The second-order valence-electron chi connectivity index (χ2n) is 3.89. The van der Waals surface area contributed by atoms with Gasteiger partial charge >= 0.3 is 6.03 Å². The third-order valence-electron chi connectivity index (χ3n) is 2.32. The molecule has 0 saturated carbocycles. The Morgan fingerprint density at radius 2 is 1.94 bits per heavy atom.